The van der Waals surface area contributed by atoms with Crippen molar-refractivity contribution in [2.45, 2.75) is 45.7 Å². The molecule has 0 bridgehead atoms. The molecule has 8 nitrogen and oxygen atoms in total. The molecule has 37 heavy (non-hydrogen) atoms. The number of piperazine rings is 1. The van der Waals surface area contributed by atoms with Gasteiger partial charge in [-0.15, -0.1) is 0 Å². The van der Waals surface area contributed by atoms with Crippen LogP contribution in [0.3, 0.4) is 0 Å². The van der Waals surface area contributed by atoms with Crippen molar-refractivity contribution in [1.82, 2.24) is 15.0 Å². The third-order valence-corrected chi connectivity index (χ3v) is 7.53. The summed E-state index contributed by atoms with van der Waals surface area (Å²) in [6.07, 6.45) is 3.59. The Morgan fingerprint density at radius 1 is 1.08 bits per heavy atom. The van der Waals surface area contributed by atoms with E-state index in [-0.39, 0.29) is 16.6 Å². The van der Waals surface area contributed by atoms with Crippen LogP contribution in [-0.2, 0) is 0 Å². The van der Waals surface area contributed by atoms with Crippen molar-refractivity contribution in [2.24, 2.45) is 0 Å². The number of benzene rings is 1. The number of pyridine rings is 1. The molecule has 2 aliphatic heterocycles. The van der Waals surface area contributed by atoms with E-state index < -0.39 is 11.8 Å². The van der Waals surface area contributed by atoms with E-state index in [0.717, 1.165) is 42.1 Å². The summed E-state index contributed by atoms with van der Waals surface area (Å²) in [6, 6.07) is 8.73. The number of halogens is 2. The highest BCUT2D eigenvalue weighted by Crippen LogP contribution is 2.32. The van der Waals surface area contributed by atoms with Crippen LogP contribution < -0.4 is 14.7 Å². The fourth-order valence-corrected chi connectivity index (χ4v) is 5.42. The molecule has 5 rings (SSSR count). The van der Waals surface area contributed by atoms with Crippen LogP contribution in [0.2, 0.25) is 5.02 Å². The average molecular weight is 525 g/mol. The van der Waals surface area contributed by atoms with Gasteiger partial charge in [-0.3, -0.25) is 0 Å². The van der Waals surface area contributed by atoms with Crippen LogP contribution in [0.5, 0.6) is 0 Å². The largest absolute Gasteiger partial charge is 0.478 e. The molecule has 4 heterocycles. The lowest BCUT2D eigenvalue weighted by Gasteiger charge is -2.41. The minimum atomic E-state index is -0.981. The average Bonchev–Trinajstić information content (AvgIpc) is 3.31. The first-order valence-corrected chi connectivity index (χ1v) is 12.9. The van der Waals surface area contributed by atoms with Crippen LogP contribution in [0, 0.1) is 12.7 Å². The molecule has 0 unspecified atom stereocenters. The Bertz CT molecular complexity index is 1340. The Hall–Kier alpha value is -3.46. The summed E-state index contributed by atoms with van der Waals surface area (Å²) in [5.41, 5.74) is 2.47. The summed E-state index contributed by atoms with van der Waals surface area (Å²) in [5.74, 6) is 0.850. The van der Waals surface area contributed by atoms with E-state index in [0.29, 0.717) is 37.3 Å². The Balaban J connectivity index is 1.46. The first kappa shape index (κ1) is 25.2. The predicted molar refractivity (Wildman–Crippen MR) is 143 cm³/mol. The van der Waals surface area contributed by atoms with Crippen molar-refractivity contribution in [3.63, 3.8) is 0 Å². The van der Waals surface area contributed by atoms with E-state index in [1.54, 1.807) is 18.2 Å². The maximum absolute atomic E-state index is 13.9. The Labute approximate surface area is 220 Å². The van der Waals surface area contributed by atoms with Gasteiger partial charge >= 0.3 is 5.97 Å². The zero-order chi connectivity index (χ0) is 26.3. The Morgan fingerprint density at radius 2 is 1.89 bits per heavy atom. The van der Waals surface area contributed by atoms with Crippen molar-refractivity contribution in [3.8, 4) is 11.3 Å². The molecule has 2 aliphatic rings. The van der Waals surface area contributed by atoms with Crippen LogP contribution in [0.25, 0.3) is 11.3 Å². The second kappa shape index (κ2) is 10.1. The number of carboxylic acid groups (broad SMARTS) is 1. The molecular weight excluding hydrogens is 495 g/mol. The smallest absolute Gasteiger partial charge is 0.337 e. The molecule has 2 atom stereocenters. The fraction of sp³-hybridized carbons (Fsp3) is 0.407. The van der Waals surface area contributed by atoms with Crippen molar-refractivity contribution in [1.29, 1.82) is 0 Å². The fourth-order valence-electron chi connectivity index (χ4n) is 5.24. The minimum Gasteiger partial charge on any atom is -0.478 e. The third kappa shape index (κ3) is 5.05. The SMILES string of the molecule is Cc1cc(C(=O)O)cnc1N1CCN(c2cc(-c3ccc(F)c(Cl)c3)nc(N3CCC[C@H]3C)n2)[C@H](C)C1. The summed E-state index contributed by atoms with van der Waals surface area (Å²) in [7, 11) is 0. The molecule has 2 aromatic heterocycles. The summed E-state index contributed by atoms with van der Waals surface area (Å²) < 4.78 is 13.9. The van der Waals surface area contributed by atoms with E-state index in [4.69, 9.17) is 21.6 Å². The lowest BCUT2D eigenvalue weighted by Crippen LogP contribution is -2.53. The Kier molecular flexibility index (Phi) is 6.90. The summed E-state index contributed by atoms with van der Waals surface area (Å²) in [6.45, 7) is 9.23. The van der Waals surface area contributed by atoms with Crippen LogP contribution in [0.1, 0.15) is 42.6 Å². The molecule has 0 spiro atoms. The Morgan fingerprint density at radius 3 is 2.54 bits per heavy atom. The highest BCUT2D eigenvalue weighted by atomic mass is 35.5. The van der Waals surface area contributed by atoms with Gasteiger partial charge in [0.2, 0.25) is 5.95 Å². The maximum atomic E-state index is 13.9. The summed E-state index contributed by atoms with van der Waals surface area (Å²) >= 11 is 6.10. The minimum absolute atomic E-state index is 0.0625. The first-order chi connectivity index (χ1) is 17.7. The van der Waals surface area contributed by atoms with Gasteiger partial charge in [0, 0.05) is 56.1 Å². The molecule has 10 heteroatoms. The molecular formula is C27H30ClFN6O2. The number of carbonyl (C=O) groups is 1. The van der Waals surface area contributed by atoms with Gasteiger partial charge in [-0.05, 0) is 63.4 Å². The number of nitrogens with zero attached hydrogens (tertiary/aromatic N) is 6. The van der Waals surface area contributed by atoms with Gasteiger partial charge < -0.3 is 19.8 Å². The number of hydrogen-bond acceptors (Lipinski definition) is 7. The van der Waals surface area contributed by atoms with Crippen molar-refractivity contribution in [2.75, 3.05) is 40.9 Å². The van der Waals surface area contributed by atoms with Crippen molar-refractivity contribution < 1.29 is 14.3 Å². The molecule has 1 N–H and O–H groups in total. The highest BCUT2D eigenvalue weighted by Gasteiger charge is 2.29. The van der Waals surface area contributed by atoms with E-state index in [1.807, 2.05) is 13.0 Å². The molecule has 0 saturated carbocycles. The van der Waals surface area contributed by atoms with Crippen LogP contribution in [0.4, 0.5) is 22.0 Å². The van der Waals surface area contributed by atoms with Gasteiger partial charge in [0.25, 0.3) is 0 Å². The molecule has 2 saturated heterocycles. The van der Waals surface area contributed by atoms with Gasteiger partial charge in [0.05, 0.1) is 16.3 Å². The van der Waals surface area contributed by atoms with Gasteiger partial charge in [0.1, 0.15) is 17.5 Å². The zero-order valence-corrected chi connectivity index (χ0v) is 21.9. The summed E-state index contributed by atoms with van der Waals surface area (Å²) in [5, 5.41) is 9.32. The molecule has 3 aromatic rings. The molecule has 194 valence electrons. The number of carboxylic acids is 1. The number of aromatic carboxylic acids is 1. The third-order valence-electron chi connectivity index (χ3n) is 7.24. The van der Waals surface area contributed by atoms with Crippen molar-refractivity contribution in [3.05, 3.63) is 58.5 Å². The number of aryl methyl sites for hydroxylation is 1. The van der Waals surface area contributed by atoms with Crippen LogP contribution in [-0.4, -0.2) is 64.3 Å². The van der Waals surface area contributed by atoms with Gasteiger partial charge in [-0.2, -0.15) is 4.98 Å². The van der Waals surface area contributed by atoms with E-state index in [9.17, 15) is 14.3 Å². The molecule has 0 amide bonds. The number of hydrogen-bond donors (Lipinski definition) is 1. The van der Waals surface area contributed by atoms with Gasteiger partial charge in [-0.25, -0.2) is 19.2 Å². The van der Waals surface area contributed by atoms with E-state index in [2.05, 4.69) is 33.5 Å². The van der Waals surface area contributed by atoms with Crippen LogP contribution in [0.15, 0.2) is 36.5 Å². The first-order valence-electron chi connectivity index (χ1n) is 12.5. The topological polar surface area (TPSA) is 85.7 Å². The number of anilines is 3. The quantitative estimate of drug-likeness (QED) is 0.497. The van der Waals surface area contributed by atoms with Crippen LogP contribution >= 0.6 is 11.6 Å². The van der Waals surface area contributed by atoms with Gasteiger partial charge in [-0.1, -0.05) is 11.6 Å². The standard InChI is InChI=1S/C27H30ClFN6O2/c1-16-11-20(26(36)37)14-30-25(16)33-9-10-34(18(3)15-33)24-13-23(19-6-7-22(29)21(28)12-19)31-27(32-24)35-8-4-5-17(35)2/h6-7,11-14,17-18H,4-5,8-10,15H2,1-3H3,(H,36,37)/t17-,18-/m1/s1. The van der Waals surface area contributed by atoms with E-state index >= 15 is 0 Å². The second-order valence-corrected chi connectivity index (χ2v) is 10.3. The highest BCUT2D eigenvalue weighted by molar-refractivity contribution is 6.31. The van der Waals surface area contributed by atoms with Crippen molar-refractivity contribution >= 4 is 35.2 Å². The maximum Gasteiger partial charge on any atom is 0.337 e. The lowest BCUT2D eigenvalue weighted by molar-refractivity contribution is 0.0696. The monoisotopic (exact) mass is 524 g/mol. The molecule has 0 radical (unpaired) electrons. The zero-order valence-electron chi connectivity index (χ0n) is 21.2. The second-order valence-electron chi connectivity index (χ2n) is 9.88. The molecule has 1 aromatic carbocycles. The van der Waals surface area contributed by atoms with Gasteiger partial charge in [0.15, 0.2) is 0 Å². The molecule has 2 fully saturated rings. The summed E-state index contributed by atoms with van der Waals surface area (Å²) in [4.78, 5) is 32.3. The normalized spacial score (nSPS) is 20.0. The number of rotatable bonds is 5. The molecule has 0 aliphatic carbocycles. The lowest BCUT2D eigenvalue weighted by atomic mass is 10.1. The number of aromatic nitrogens is 3. The van der Waals surface area contributed by atoms with E-state index in [1.165, 1.54) is 12.3 Å². The predicted octanol–water partition coefficient (Wildman–Crippen LogP) is 5.04.